The highest BCUT2D eigenvalue weighted by atomic mass is 16.2. The third kappa shape index (κ3) is 6.98. The number of nitrogens with one attached hydrogen (secondary N) is 4. The Labute approximate surface area is 187 Å². The van der Waals surface area contributed by atoms with E-state index in [9.17, 15) is 14.4 Å². The molecule has 7 nitrogen and oxygen atoms in total. The summed E-state index contributed by atoms with van der Waals surface area (Å²) in [6, 6.07) is 23.7. The van der Waals surface area contributed by atoms with Crippen LogP contribution >= 0.6 is 0 Å². The van der Waals surface area contributed by atoms with Crippen LogP contribution in [0.15, 0.2) is 78.9 Å². The molecule has 32 heavy (non-hydrogen) atoms. The molecule has 0 heterocycles. The van der Waals surface area contributed by atoms with Crippen molar-refractivity contribution in [2.45, 2.75) is 12.8 Å². The second-order valence-corrected chi connectivity index (χ2v) is 7.18. The molecule has 7 heteroatoms. The van der Waals surface area contributed by atoms with E-state index in [-0.39, 0.29) is 24.3 Å². The molecule has 3 aromatic carbocycles. The Kier molecular flexibility index (Phi) is 7.97. The van der Waals surface area contributed by atoms with Gasteiger partial charge in [-0.1, -0.05) is 42.5 Å². The first-order valence-electron chi connectivity index (χ1n) is 10.3. The third-order valence-corrected chi connectivity index (χ3v) is 4.72. The van der Waals surface area contributed by atoms with Crippen LogP contribution in [0.2, 0.25) is 0 Å². The Balaban J connectivity index is 1.49. The maximum Gasteiger partial charge on any atom is 0.251 e. The van der Waals surface area contributed by atoms with Gasteiger partial charge in [-0.3, -0.25) is 14.4 Å². The van der Waals surface area contributed by atoms with E-state index >= 15 is 0 Å². The topological polar surface area (TPSA) is 99.3 Å². The lowest BCUT2D eigenvalue weighted by Gasteiger charge is -2.11. The van der Waals surface area contributed by atoms with Gasteiger partial charge < -0.3 is 21.3 Å². The quantitative estimate of drug-likeness (QED) is 0.416. The molecule has 0 aliphatic heterocycles. The molecule has 3 aromatic rings. The zero-order valence-corrected chi connectivity index (χ0v) is 17.9. The van der Waals surface area contributed by atoms with Crippen molar-refractivity contribution in [3.8, 4) is 0 Å². The number of hydrogen-bond donors (Lipinski definition) is 4. The average Bonchev–Trinajstić information content (AvgIpc) is 2.82. The predicted octanol–water partition coefficient (Wildman–Crippen LogP) is 3.67. The molecule has 0 aliphatic rings. The number of aryl methyl sites for hydroxylation is 1. The Morgan fingerprint density at radius 1 is 0.719 bits per heavy atom. The molecule has 0 atom stereocenters. The smallest absolute Gasteiger partial charge is 0.251 e. The Morgan fingerprint density at radius 2 is 1.38 bits per heavy atom. The summed E-state index contributed by atoms with van der Waals surface area (Å²) in [7, 11) is 1.57. The SMILES string of the molecule is CNC(=O)c1cccc(NCC(=O)Nc2cccc(NC(=O)CCc3ccccc3)c2)c1. The van der Waals surface area contributed by atoms with Gasteiger partial charge in [0.15, 0.2) is 0 Å². The van der Waals surface area contributed by atoms with Crippen molar-refractivity contribution >= 4 is 34.8 Å². The van der Waals surface area contributed by atoms with Crippen molar-refractivity contribution in [3.05, 3.63) is 90.0 Å². The zero-order chi connectivity index (χ0) is 22.8. The zero-order valence-electron chi connectivity index (χ0n) is 17.9. The molecule has 0 saturated heterocycles. The van der Waals surface area contributed by atoms with Crippen LogP contribution in [0, 0.1) is 0 Å². The average molecular weight is 431 g/mol. The van der Waals surface area contributed by atoms with Crippen LogP contribution in [0.4, 0.5) is 17.1 Å². The van der Waals surface area contributed by atoms with Crippen molar-refractivity contribution in [1.29, 1.82) is 0 Å². The van der Waals surface area contributed by atoms with Gasteiger partial charge in [-0.2, -0.15) is 0 Å². The fourth-order valence-electron chi connectivity index (χ4n) is 3.10. The van der Waals surface area contributed by atoms with Crippen molar-refractivity contribution in [3.63, 3.8) is 0 Å². The predicted molar refractivity (Wildman–Crippen MR) is 127 cm³/mol. The number of rotatable bonds is 9. The Hall–Kier alpha value is -4.13. The lowest BCUT2D eigenvalue weighted by Crippen LogP contribution is -2.22. The van der Waals surface area contributed by atoms with Gasteiger partial charge in [0.2, 0.25) is 11.8 Å². The Morgan fingerprint density at radius 3 is 2.09 bits per heavy atom. The van der Waals surface area contributed by atoms with E-state index in [4.69, 9.17) is 0 Å². The Bertz CT molecular complexity index is 1080. The fourth-order valence-corrected chi connectivity index (χ4v) is 3.10. The van der Waals surface area contributed by atoms with Gasteiger partial charge >= 0.3 is 0 Å². The first kappa shape index (κ1) is 22.6. The molecule has 0 aromatic heterocycles. The summed E-state index contributed by atoms with van der Waals surface area (Å²) in [6.45, 7) is 0.0326. The highest BCUT2D eigenvalue weighted by Crippen LogP contribution is 2.16. The molecule has 3 amide bonds. The van der Waals surface area contributed by atoms with Gasteiger partial charge in [-0.25, -0.2) is 0 Å². The summed E-state index contributed by atoms with van der Waals surface area (Å²) in [6.07, 6.45) is 1.04. The molecule has 0 saturated carbocycles. The molecule has 0 fully saturated rings. The summed E-state index contributed by atoms with van der Waals surface area (Å²) < 4.78 is 0. The number of amides is 3. The summed E-state index contributed by atoms with van der Waals surface area (Å²) in [5.74, 6) is -0.529. The van der Waals surface area contributed by atoms with Crippen LogP contribution in [0.1, 0.15) is 22.3 Å². The van der Waals surface area contributed by atoms with Crippen LogP contribution in [0.3, 0.4) is 0 Å². The summed E-state index contributed by atoms with van der Waals surface area (Å²) in [4.78, 5) is 36.3. The van der Waals surface area contributed by atoms with E-state index in [0.29, 0.717) is 35.5 Å². The van der Waals surface area contributed by atoms with Crippen LogP contribution < -0.4 is 21.3 Å². The van der Waals surface area contributed by atoms with Gasteiger partial charge in [-0.15, -0.1) is 0 Å². The highest BCUT2D eigenvalue weighted by molar-refractivity contribution is 5.97. The van der Waals surface area contributed by atoms with Crippen molar-refractivity contribution < 1.29 is 14.4 Å². The summed E-state index contributed by atoms with van der Waals surface area (Å²) in [5.41, 5.74) is 3.48. The number of carbonyl (C=O) groups is 3. The maximum absolute atomic E-state index is 12.3. The monoisotopic (exact) mass is 430 g/mol. The lowest BCUT2D eigenvalue weighted by molar-refractivity contribution is -0.116. The minimum Gasteiger partial charge on any atom is -0.376 e. The van der Waals surface area contributed by atoms with Crippen molar-refractivity contribution in [2.75, 3.05) is 29.5 Å². The normalized spacial score (nSPS) is 10.2. The molecule has 0 unspecified atom stereocenters. The van der Waals surface area contributed by atoms with Crippen LogP contribution in [-0.4, -0.2) is 31.3 Å². The first-order valence-corrected chi connectivity index (χ1v) is 10.3. The van der Waals surface area contributed by atoms with Crippen LogP contribution in [0.5, 0.6) is 0 Å². The van der Waals surface area contributed by atoms with E-state index in [1.807, 2.05) is 30.3 Å². The number of anilines is 3. The van der Waals surface area contributed by atoms with Gasteiger partial charge in [0.25, 0.3) is 5.91 Å². The van der Waals surface area contributed by atoms with Crippen LogP contribution in [-0.2, 0) is 16.0 Å². The van der Waals surface area contributed by atoms with E-state index in [1.54, 1.807) is 55.6 Å². The highest BCUT2D eigenvalue weighted by Gasteiger charge is 2.07. The summed E-state index contributed by atoms with van der Waals surface area (Å²) >= 11 is 0. The number of hydrogen-bond acceptors (Lipinski definition) is 4. The molecule has 0 spiro atoms. The lowest BCUT2D eigenvalue weighted by atomic mass is 10.1. The van der Waals surface area contributed by atoms with Gasteiger partial charge in [0, 0.05) is 36.1 Å². The van der Waals surface area contributed by atoms with Crippen molar-refractivity contribution in [2.24, 2.45) is 0 Å². The minimum atomic E-state index is -0.247. The standard InChI is InChI=1S/C25H26N4O3/c1-26-25(32)19-9-5-10-20(15-19)27-17-24(31)29-22-12-6-11-21(16-22)28-23(30)14-13-18-7-3-2-4-8-18/h2-12,15-16,27H,13-14,17H2,1H3,(H,26,32)(H,28,30)(H,29,31). The van der Waals surface area contributed by atoms with E-state index < -0.39 is 0 Å². The second-order valence-electron chi connectivity index (χ2n) is 7.18. The van der Waals surface area contributed by atoms with E-state index in [1.165, 1.54) is 0 Å². The number of benzene rings is 3. The fraction of sp³-hybridized carbons (Fsp3) is 0.160. The molecule has 3 rings (SSSR count). The third-order valence-electron chi connectivity index (χ3n) is 4.72. The van der Waals surface area contributed by atoms with Crippen molar-refractivity contribution in [1.82, 2.24) is 5.32 Å². The minimum absolute atomic E-state index is 0.0326. The van der Waals surface area contributed by atoms with Gasteiger partial charge in [-0.05, 0) is 48.4 Å². The van der Waals surface area contributed by atoms with Gasteiger partial charge in [0.1, 0.15) is 0 Å². The maximum atomic E-state index is 12.3. The largest absolute Gasteiger partial charge is 0.376 e. The first-order chi connectivity index (χ1) is 15.5. The summed E-state index contributed by atoms with van der Waals surface area (Å²) in [5, 5.41) is 11.2. The molecule has 164 valence electrons. The van der Waals surface area contributed by atoms with Crippen LogP contribution in [0.25, 0.3) is 0 Å². The van der Waals surface area contributed by atoms with E-state index in [2.05, 4.69) is 21.3 Å². The van der Waals surface area contributed by atoms with E-state index in [0.717, 1.165) is 5.56 Å². The molecule has 0 bridgehead atoms. The molecular weight excluding hydrogens is 404 g/mol. The van der Waals surface area contributed by atoms with Gasteiger partial charge in [0.05, 0.1) is 6.54 Å². The number of carbonyl (C=O) groups excluding carboxylic acids is 3. The molecule has 0 aliphatic carbocycles. The molecular formula is C25H26N4O3. The molecule has 4 N–H and O–H groups in total. The second kappa shape index (κ2) is 11.3. The molecule has 0 radical (unpaired) electrons.